The summed E-state index contributed by atoms with van der Waals surface area (Å²) in [7, 11) is 0. The minimum Gasteiger partial charge on any atom is -0.480 e. The smallest absolute Gasteiger partial charge is 0.329 e. The topological polar surface area (TPSA) is 75.6 Å². The molecule has 0 heterocycles. The number of ether oxygens (including phenoxy) is 1. The molecule has 1 aromatic carbocycles. The Morgan fingerprint density at radius 1 is 1.41 bits per heavy atom. The van der Waals surface area contributed by atoms with E-state index < -0.39 is 18.5 Å². The highest BCUT2D eigenvalue weighted by Gasteiger charge is 2.06. The molecule has 0 radical (unpaired) electrons. The van der Waals surface area contributed by atoms with Gasteiger partial charge in [-0.2, -0.15) is 0 Å². The number of amides is 1. The fourth-order valence-electron chi connectivity index (χ4n) is 1.18. The van der Waals surface area contributed by atoms with Gasteiger partial charge in [-0.1, -0.05) is 0 Å². The van der Waals surface area contributed by atoms with Crippen LogP contribution in [0.3, 0.4) is 0 Å². The average Bonchev–Trinajstić information content (AvgIpc) is 2.21. The molecule has 0 saturated carbocycles. The van der Waals surface area contributed by atoms with E-state index in [2.05, 4.69) is 10.1 Å². The highest BCUT2D eigenvalue weighted by molar-refractivity contribution is 5.92. The SMILES string of the molecule is Cc1cc(F)ccc1NC(=O)COCC(=O)O. The number of hydrogen-bond acceptors (Lipinski definition) is 3. The van der Waals surface area contributed by atoms with E-state index in [-0.39, 0.29) is 12.4 Å². The first kappa shape index (κ1) is 13.1. The third kappa shape index (κ3) is 4.60. The van der Waals surface area contributed by atoms with Gasteiger partial charge in [-0.25, -0.2) is 9.18 Å². The third-order valence-electron chi connectivity index (χ3n) is 1.92. The second-order valence-electron chi connectivity index (χ2n) is 3.39. The van der Waals surface area contributed by atoms with Crippen molar-refractivity contribution in [2.45, 2.75) is 6.92 Å². The van der Waals surface area contributed by atoms with Crippen LogP contribution in [0.25, 0.3) is 0 Å². The van der Waals surface area contributed by atoms with Gasteiger partial charge in [0, 0.05) is 5.69 Å². The molecule has 6 heteroatoms. The first-order chi connectivity index (χ1) is 7.99. The predicted molar refractivity (Wildman–Crippen MR) is 58.2 cm³/mol. The maximum Gasteiger partial charge on any atom is 0.329 e. The third-order valence-corrected chi connectivity index (χ3v) is 1.92. The number of carbonyl (C=O) groups is 2. The molecule has 92 valence electrons. The number of anilines is 1. The van der Waals surface area contributed by atoms with Gasteiger partial charge in [0.15, 0.2) is 0 Å². The van der Waals surface area contributed by atoms with Crippen LogP contribution in [0.5, 0.6) is 0 Å². The second kappa shape index (κ2) is 5.95. The molecule has 0 aromatic heterocycles. The number of aliphatic carboxylic acids is 1. The van der Waals surface area contributed by atoms with Crippen molar-refractivity contribution < 1.29 is 23.8 Å². The summed E-state index contributed by atoms with van der Waals surface area (Å²) < 4.78 is 17.4. The van der Waals surface area contributed by atoms with E-state index in [9.17, 15) is 14.0 Å². The lowest BCUT2D eigenvalue weighted by Gasteiger charge is -2.08. The lowest BCUT2D eigenvalue weighted by Crippen LogP contribution is -2.21. The molecule has 0 aliphatic carbocycles. The minimum absolute atomic E-state index is 0.358. The maximum absolute atomic E-state index is 12.8. The summed E-state index contributed by atoms with van der Waals surface area (Å²) in [6.45, 7) is 0.760. The number of hydrogen-bond donors (Lipinski definition) is 2. The second-order valence-corrected chi connectivity index (χ2v) is 3.39. The molecule has 17 heavy (non-hydrogen) atoms. The number of carboxylic acids is 1. The summed E-state index contributed by atoms with van der Waals surface area (Å²) in [6.07, 6.45) is 0. The van der Waals surface area contributed by atoms with Crippen molar-refractivity contribution in [3.8, 4) is 0 Å². The summed E-state index contributed by atoms with van der Waals surface area (Å²) in [5, 5.41) is 10.8. The molecular formula is C11H12FNO4. The van der Waals surface area contributed by atoms with Gasteiger partial charge in [-0.3, -0.25) is 4.79 Å². The number of carbonyl (C=O) groups excluding carboxylic acids is 1. The van der Waals surface area contributed by atoms with Gasteiger partial charge in [0.25, 0.3) is 0 Å². The number of carboxylic acid groups (broad SMARTS) is 1. The van der Waals surface area contributed by atoms with Gasteiger partial charge < -0.3 is 15.2 Å². The van der Waals surface area contributed by atoms with E-state index in [1.54, 1.807) is 6.92 Å². The fourth-order valence-corrected chi connectivity index (χ4v) is 1.18. The molecule has 5 nitrogen and oxygen atoms in total. The van der Waals surface area contributed by atoms with Gasteiger partial charge in [0.2, 0.25) is 5.91 Å². The molecule has 0 aliphatic heterocycles. The van der Waals surface area contributed by atoms with Crippen molar-refractivity contribution >= 4 is 17.6 Å². The van der Waals surface area contributed by atoms with E-state index in [0.29, 0.717) is 11.3 Å². The largest absolute Gasteiger partial charge is 0.480 e. The Morgan fingerprint density at radius 3 is 2.71 bits per heavy atom. The Morgan fingerprint density at radius 2 is 2.12 bits per heavy atom. The van der Waals surface area contributed by atoms with Crippen molar-refractivity contribution in [2.75, 3.05) is 18.5 Å². The molecule has 0 bridgehead atoms. The first-order valence-electron chi connectivity index (χ1n) is 4.84. The van der Waals surface area contributed by atoms with Gasteiger partial charge in [-0.05, 0) is 30.7 Å². The molecule has 1 amide bonds. The van der Waals surface area contributed by atoms with Crippen molar-refractivity contribution in [3.63, 3.8) is 0 Å². The normalized spacial score (nSPS) is 10.0. The Bertz CT molecular complexity index is 433. The summed E-state index contributed by atoms with van der Waals surface area (Å²) in [4.78, 5) is 21.4. The predicted octanol–water partition coefficient (Wildman–Crippen LogP) is 1.17. The molecule has 0 unspecified atom stereocenters. The van der Waals surface area contributed by atoms with Crippen molar-refractivity contribution in [2.24, 2.45) is 0 Å². The zero-order valence-electron chi connectivity index (χ0n) is 9.20. The van der Waals surface area contributed by atoms with Crippen LogP contribution in [0.2, 0.25) is 0 Å². The lowest BCUT2D eigenvalue weighted by molar-refractivity contribution is -0.143. The van der Waals surface area contributed by atoms with E-state index in [4.69, 9.17) is 5.11 Å². The molecule has 0 spiro atoms. The lowest BCUT2D eigenvalue weighted by atomic mass is 10.2. The van der Waals surface area contributed by atoms with Crippen LogP contribution in [0.15, 0.2) is 18.2 Å². The Balaban J connectivity index is 2.48. The fraction of sp³-hybridized carbons (Fsp3) is 0.273. The quantitative estimate of drug-likeness (QED) is 0.811. The number of rotatable bonds is 5. The summed E-state index contributed by atoms with van der Waals surface area (Å²) >= 11 is 0. The molecule has 0 aliphatic rings. The first-order valence-corrected chi connectivity index (χ1v) is 4.84. The van der Waals surface area contributed by atoms with Crippen LogP contribution in [0.1, 0.15) is 5.56 Å². The summed E-state index contributed by atoms with van der Waals surface area (Å²) in [6, 6.07) is 3.94. The van der Waals surface area contributed by atoms with Gasteiger partial charge in [-0.15, -0.1) is 0 Å². The number of benzene rings is 1. The monoisotopic (exact) mass is 241 g/mol. The Hall–Kier alpha value is -1.95. The minimum atomic E-state index is -1.14. The van der Waals surface area contributed by atoms with E-state index in [0.717, 1.165) is 0 Å². The molecule has 0 atom stereocenters. The Labute approximate surface area is 97.2 Å². The van der Waals surface area contributed by atoms with E-state index >= 15 is 0 Å². The molecular weight excluding hydrogens is 229 g/mol. The summed E-state index contributed by atoms with van der Waals surface area (Å²) in [5.41, 5.74) is 1.05. The van der Waals surface area contributed by atoms with Crippen LogP contribution in [-0.2, 0) is 14.3 Å². The van der Waals surface area contributed by atoms with Gasteiger partial charge in [0.05, 0.1) is 0 Å². The van der Waals surface area contributed by atoms with Crippen LogP contribution < -0.4 is 5.32 Å². The molecule has 1 aromatic rings. The van der Waals surface area contributed by atoms with Crippen molar-refractivity contribution in [1.29, 1.82) is 0 Å². The zero-order chi connectivity index (χ0) is 12.8. The van der Waals surface area contributed by atoms with Gasteiger partial charge in [0.1, 0.15) is 19.0 Å². The summed E-state index contributed by atoms with van der Waals surface area (Å²) in [5.74, 6) is -2.01. The van der Waals surface area contributed by atoms with E-state index in [1.165, 1.54) is 18.2 Å². The number of nitrogens with one attached hydrogen (secondary N) is 1. The zero-order valence-corrected chi connectivity index (χ0v) is 9.20. The van der Waals surface area contributed by atoms with Crippen molar-refractivity contribution in [1.82, 2.24) is 0 Å². The highest BCUT2D eigenvalue weighted by Crippen LogP contribution is 2.15. The van der Waals surface area contributed by atoms with Gasteiger partial charge >= 0.3 is 5.97 Å². The van der Waals surface area contributed by atoms with Crippen LogP contribution >= 0.6 is 0 Å². The van der Waals surface area contributed by atoms with Crippen LogP contribution in [-0.4, -0.2) is 30.2 Å². The van der Waals surface area contributed by atoms with Crippen LogP contribution in [0.4, 0.5) is 10.1 Å². The average molecular weight is 241 g/mol. The number of aryl methyl sites for hydroxylation is 1. The molecule has 1 rings (SSSR count). The number of halogens is 1. The van der Waals surface area contributed by atoms with E-state index in [1.807, 2.05) is 0 Å². The molecule has 2 N–H and O–H groups in total. The van der Waals surface area contributed by atoms with Crippen molar-refractivity contribution in [3.05, 3.63) is 29.6 Å². The highest BCUT2D eigenvalue weighted by atomic mass is 19.1. The molecule has 0 fully saturated rings. The van der Waals surface area contributed by atoms with Crippen LogP contribution in [0, 0.1) is 12.7 Å². The molecule has 0 saturated heterocycles. The maximum atomic E-state index is 12.8. The standard InChI is InChI=1S/C11H12FNO4/c1-7-4-8(12)2-3-9(7)13-10(14)5-17-6-11(15)16/h2-4H,5-6H2,1H3,(H,13,14)(H,15,16). The Kier molecular flexibility index (Phi) is 4.59.